The summed E-state index contributed by atoms with van der Waals surface area (Å²) < 4.78 is 29.6. The third-order valence-electron chi connectivity index (χ3n) is 2.75. The number of carbonyl (C=O) groups excluding carboxylic acids is 1. The third kappa shape index (κ3) is 5.40. The molecule has 0 amide bonds. The van der Waals surface area contributed by atoms with Gasteiger partial charge in [-0.05, 0) is 19.1 Å². The second-order valence-electron chi connectivity index (χ2n) is 4.75. The van der Waals surface area contributed by atoms with Gasteiger partial charge in [0.25, 0.3) is 0 Å². The minimum Gasteiger partial charge on any atom is -0.461 e. The first-order valence-corrected chi connectivity index (χ1v) is 7.94. The van der Waals surface area contributed by atoms with Gasteiger partial charge in [-0.15, -0.1) is 0 Å². The average Bonchev–Trinajstić information content (AvgIpc) is 2.37. The zero-order chi connectivity index (χ0) is 16.0. The largest absolute Gasteiger partial charge is 0.461 e. The summed E-state index contributed by atoms with van der Waals surface area (Å²) in [5.74, 6) is -0.971. The molecule has 5 nitrogen and oxygen atoms in total. The molecule has 1 rings (SSSR count). The van der Waals surface area contributed by atoms with Crippen LogP contribution in [-0.4, -0.2) is 26.2 Å². The number of sulfone groups is 1. The Hall–Kier alpha value is -2.13. The molecule has 1 aromatic carbocycles. The van der Waals surface area contributed by atoms with Gasteiger partial charge in [0.1, 0.15) is 6.10 Å². The fraction of sp³-hybridized carbons (Fsp3) is 0.333. The molecule has 0 saturated carbocycles. The Morgan fingerprint density at radius 1 is 1.38 bits per heavy atom. The number of nitriles is 1. The van der Waals surface area contributed by atoms with Crippen LogP contribution in [0.25, 0.3) is 0 Å². The molecule has 112 valence electrons. The van der Waals surface area contributed by atoms with Gasteiger partial charge in [0.2, 0.25) is 0 Å². The zero-order valence-electron chi connectivity index (χ0n) is 12.0. The van der Waals surface area contributed by atoms with Gasteiger partial charge in [0, 0.05) is 18.9 Å². The molecular formula is C15H17NO4S. The first-order chi connectivity index (χ1) is 9.74. The summed E-state index contributed by atoms with van der Waals surface area (Å²) in [6.45, 7) is 6.54. The molecule has 0 aliphatic heterocycles. The summed E-state index contributed by atoms with van der Waals surface area (Å²) in [5.41, 5.74) is 1.11. The molecule has 0 radical (unpaired) electrons. The van der Waals surface area contributed by atoms with Gasteiger partial charge < -0.3 is 4.74 Å². The van der Waals surface area contributed by atoms with Crippen LogP contribution in [0.5, 0.6) is 0 Å². The van der Waals surface area contributed by atoms with Crippen molar-refractivity contribution in [3.05, 3.63) is 42.0 Å². The second-order valence-corrected chi connectivity index (χ2v) is 6.78. The van der Waals surface area contributed by atoms with E-state index in [-0.39, 0.29) is 22.6 Å². The van der Waals surface area contributed by atoms with Crippen molar-refractivity contribution >= 4 is 15.8 Å². The second kappa shape index (κ2) is 7.04. The number of hydrogen-bond acceptors (Lipinski definition) is 5. The summed E-state index contributed by atoms with van der Waals surface area (Å²) in [5, 5.41) is 8.72. The smallest absolute Gasteiger partial charge is 0.302 e. The maximum atomic E-state index is 12.3. The van der Waals surface area contributed by atoms with Crippen molar-refractivity contribution in [2.45, 2.75) is 31.3 Å². The Morgan fingerprint density at radius 2 is 1.95 bits per heavy atom. The van der Waals surface area contributed by atoms with Gasteiger partial charge in [-0.1, -0.05) is 24.3 Å². The lowest BCUT2D eigenvalue weighted by atomic mass is 10.1. The number of benzene rings is 1. The topological polar surface area (TPSA) is 84.2 Å². The normalized spacial score (nSPS) is 12.2. The van der Waals surface area contributed by atoms with E-state index in [2.05, 4.69) is 6.58 Å². The summed E-state index contributed by atoms with van der Waals surface area (Å²) in [6, 6.07) is 8.23. The SMILES string of the molecule is C=C(C#N)CC(CS(=O)(=O)c1ccc(C)cc1)OC(C)=O. The van der Waals surface area contributed by atoms with Gasteiger partial charge in [0.15, 0.2) is 9.84 Å². The predicted octanol–water partition coefficient (Wildman–Crippen LogP) is 2.17. The fourth-order valence-electron chi connectivity index (χ4n) is 1.78. The van der Waals surface area contributed by atoms with Crippen LogP contribution in [0, 0.1) is 18.3 Å². The Morgan fingerprint density at radius 3 is 2.43 bits per heavy atom. The van der Waals surface area contributed by atoms with Crippen LogP contribution in [0.15, 0.2) is 41.3 Å². The summed E-state index contributed by atoms with van der Waals surface area (Å²) in [7, 11) is -3.60. The van der Waals surface area contributed by atoms with E-state index in [4.69, 9.17) is 10.00 Å². The van der Waals surface area contributed by atoms with Crippen molar-refractivity contribution < 1.29 is 17.9 Å². The molecule has 0 aliphatic carbocycles. The average molecular weight is 307 g/mol. The van der Waals surface area contributed by atoms with Gasteiger partial charge >= 0.3 is 5.97 Å². The summed E-state index contributed by atoms with van der Waals surface area (Å²) in [6.07, 6.45) is -0.915. The van der Waals surface area contributed by atoms with Crippen molar-refractivity contribution in [2.75, 3.05) is 5.75 Å². The van der Waals surface area contributed by atoms with Crippen LogP contribution in [0.3, 0.4) is 0 Å². The third-order valence-corrected chi connectivity index (χ3v) is 4.55. The fourth-order valence-corrected chi connectivity index (χ4v) is 3.19. The molecule has 6 heteroatoms. The molecule has 21 heavy (non-hydrogen) atoms. The molecule has 1 aromatic rings. The molecule has 0 N–H and O–H groups in total. The maximum Gasteiger partial charge on any atom is 0.302 e. The van der Waals surface area contributed by atoms with Crippen LogP contribution in [-0.2, 0) is 19.4 Å². The van der Waals surface area contributed by atoms with Crippen LogP contribution in [0.2, 0.25) is 0 Å². The highest BCUT2D eigenvalue weighted by Gasteiger charge is 2.24. The van der Waals surface area contributed by atoms with Gasteiger partial charge in [-0.25, -0.2) is 8.42 Å². The quantitative estimate of drug-likeness (QED) is 0.594. The van der Waals surface area contributed by atoms with E-state index in [1.807, 2.05) is 13.0 Å². The van der Waals surface area contributed by atoms with Crippen molar-refractivity contribution in [3.8, 4) is 6.07 Å². The molecular weight excluding hydrogens is 290 g/mol. The van der Waals surface area contributed by atoms with Gasteiger partial charge in [0.05, 0.1) is 16.7 Å². The monoisotopic (exact) mass is 307 g/mol. The number of nitrogens with zero attached hydrogens (tertiary/aromatic N) is 1. The van der Waals surface area contributed by atoms with E-state index in [1.54, 1.807) is 12.1 Å². The van der Waals surface area contributed by atoms with Gasteiger partial charge in [-0.2, -0.15) is 5.26 Å². The van der Waals surface area contributed by atoms with Crippen molar-refractivity contribution in [1.82, 2.24) is 0 Å². The summed E-state index contributed by atoms with van der Waals surface area (Å²) >= 11 is 0. The number of rotatable bonds is 6. The van der Waals surface area contributed by atoms with E-state index < -0.39 is 21.9 Å². The number of ether oxygens (including phenoxy) is 1. The van der Waals surface area contributed by atoms with E-state index in [0.717, 1.165) is 5.56 Å². The first-order valence-electron chi connectivity index (χ1n) is 6.29. The van der Waals surface area contributed by atoms with Crippen molar-refractivity contribution in [3.63, 3.8) is 0 Å². The van der Waals surface area contributed by atoms with Crippen LogP contribution >= 0.6 is 0 Å². The lowest BCUT2D eigenvalue weighted by Gasteiger charge is -2.16. The van der Waals surface area contributed by atoms with Crippen LogP contribution in [0.4, 0.5) is 0 Å². The molecule has 1 atom stereocenters. The minimum absolute atomic E-state index is 0.00116. The molecule has 0 bridgehead atoms. The number of hydrogen-bond donors (Lipinski definition) is 0. The Kier molecular flexibility index (Phi) is 5.68. The molecule has 0 spiro atoms. The van der Waals surface area contributed by atoms with Crippen LogP contribution < -0.4 is 0 Å². The van der Waals surface area contributed by atoms with E-state index in [0.29, 0.717) is 0 Å². The van der Waals surface area contributed by atoms with E-state index in [9.17, 15) is 13.2 Å². The van der Waals surface area contributed by atoms with Crippen LogP contribution in [0.1, 0.15) is 18.9 Å². The maximum absolute atomic E-state index is 12.3. The highest BCUT2D eigenvalue weighted by Crippen LogP contribution is 2.17. The van der Waals surface area contributed by atoms with Gasteiger partial charge in [-0.3, -0.25) is 4.79 Å². The lowest BCUT2D eigenvalue weighted by molar-refractivity contribution is -0.145. The molecule has 0 heterocycles. The molecule has 1 unspecified atom stereocenters. The molecule has 0 fully saturated rings. The number of esters is 1. The highest BCUT2D eigenvalue weighted by molar-refractivity contribution is 7.91. The summed E-state index contributed by atoms with van der Waals surface area (Å²) in [4.78, 5) is 11.2. The lowest BCUT2D eigenvalue weighted by Crippen LogP contribution is -2.26. The predicted molar refractivity (Wildman–Crippen MR) is 78.2 cm³/mol. The van der Waals surface area contributed by atoms with E-state index >= 15 is 0 Å². The number of carbonyl (C=O) groups is 1. The highest BCUT2D eigenvalue weighted by atomic mass is 32.2. The standard InChI is InChI=1S/C15H17NO4S/c1-11-4-6-15(7-5-11)21(18,19)10-14(20-13(3)17)8-12(2)9-16/h4-7,14H,2,8,10H2,1,3H3. The Bertz CT molecular complexity index is 669. The Labute approximate surface area is 124 Å². The van der Waals surface area contributed by atoms with E-state index in [1.165, 1.54) is 19.1 Å². The molecule has 0 saturated heterocycles. The minimum atomic E-state index is -3.60. The molecule has 0 aliphatic rings. The Balaban J connectivity index is 2.95. The zero-order valence-corrected chi connectivity index (χ0v) is 12.8. The number of aryl methyl sites for hydroxylation is 1. The molecule has 0 aromatic heterocycles. The van der Waals surface area contributed by atoms with Crippen molar-refractivity contribution in [2.24, 2.45) is 0 Å². The van der Waals surface area contributed by atoms with Crippen molar-refractivity contribution in [1.29, 1.82) is 5.26 Å². The first kappa shape index (κ1) is 16.9.